The van der Waals surface area contributed by atoms with Gasteiger partial charge in [-0.05, 0) is 43.3 Å². The van der Waals surface area contributed by atoms with Crippen LogP contribution in [0.4, 0.5) is 10.1 Å². The highest BCUT2D eigenvalue weighted by molar-refractivity contribution is 5.95. The third-order valence-electron chi connectivity index (χ3n) is 5.55. The van der Waals surface area contributed by atoms with Gasteiger partial charge in [0.05, 0.1) is 38.3 Å². The van der Waals surface area contributed by atoms with Crippen LogP contribution in [0, 0.1) is 11.2 Å². The third-order valence-corrected chi connectivity index (χ3v) is 5.55. The summed E-state index contributed by atoms with van der Waals surface area (Å²) in [6.45, 7) is 2.26. The van der Waals surface area contributed by atoms with Crippen molar-refractivity contribution in [1.82, 2.24) is 15.0 Å². The van der Waals surface area contributed by atoms with Crippen LogP contribution in [0.2, 0.25) is 0 Å². The van der Waals surface area contributed by atoms with Crippen LogP contribution in [-0.2, 0) is 0 Å². The molecule has 0 spiro atoms. The van der Waals surface area contributed by atoms with Gasteiger partial charge in [-0.1, -0.05) is 0 Å². The summed E-state index contributed by atoms with van der Waals surface area (Å²) in [5, 5.41) is 10.9. The first-order chi connectivity index (χ1) is 17.4. The van der Waals surface area contributed by atoms with Crippen LogP contribution in [0.15, 0.2) is 61.1 Å². The molecule has 0 aliphatic rings. The monoisotopic (exact) mass is 490 g/mol. The van der Waals surface area contributed by atoms with E-state index in [-0.39, 0.29) is 17.1 Å². The summed E-state index contributed by atoms with van der Waals surface area (Å²) in [5.41, 5.74) is 8.46. The summed E-state index contributed by atoms with van der Waals surface area (Å²) in [7, 11) is 2.98. The number of methoxy groups -OCH3 is 2. The van der Waals surface area contributed by atoms with E-state index in [9.17, 15) is 0 Å². The van der Waals surface area contributed by atoms with E-state index < -0.39 is 11.9 Å². The lowest BCUT2D eigenvalue weighted by Gasteiger charge is -2.21. The van der Waals surface area contributed by atoms with Crippen molar-refractivity contribution >= 4 is 11.5 Å². The van der Waals surface area contributed by atoms with E-state index in [2.05, 4.69) is 20.3 Å². The minimum atomic E-state index is -0.751. The number of aromatic amines is 1. The molecule has 9 nitrogen and oxygen atoms in total. The lowest BCUT2D eigenvalue weighted by atomic mass is 10.0. The minimum absolute atomic E-state index is 0.0422. The molecular formula is C26H27FN6O3. The average Bonchev–Trinajstić information content (AvgIpc) is 3.38. The standard InChI is InChI=1S/C26H27FN6O3/c1-4-36-17-11-18(23(27)22(12-17)35-3)24(32-16-7-5-15(6-8-16)25(28)29)26-31-14-20(33-26)19-13-30-10-9-21(19)34-2/h5-14,24,32H,4H2,1-3H3,(H3,28,29)(H,31,33). The molecule has 0 aliphatic heterocycles. The quantitative estimate of drug-likeness (QED) is 0.190. The highest BCUT2D eigenvalue weighted by Gasteiger charge is 2.25. The molecule has 4 rings (SSSR count). The summed E-state index contributed by atoms with van der Waals surface area (Å²) in [6.07, 6.45) is 4.94. The molecule has 2 aromatic heterocycles. The van der Waals surface area contributed by atoms with Gasteiger partial charge in [0.2, 0.25) is 0 Å². The van der Waals surface area contributed by atoms with Crippen molar-refractivity contribution < 1.29 is 18.6 Å². The van der Waals surface area contributed by atoms with Crippen molar-refractivity contribution in [2.24, 2.45) is 5.73 Å². The van der Waals surface area contributed by atoms with Crippen molar-refractivity contribution in [2.75, 3.05) is 26.1 Å². The molecule has 0 aliphatic carbocycles. The molecule has 0 saturated heterocycles. The van der Waals surface area contributed by atoms with Crippen LogP contribution in [0.5, 0.6) is 17.2 Å². The summed E-state index contributed by atoms with van der Waals surface area (Å²) in [5.74, 6) is 0.993. The molecule has 36 heavy (non-hydrogen) atoms. The van der Waals surface area contributed by atoms with E-state index in [1.165, 1.54) is 13.2 Å². The minimum Gasteiger partial charge on any atom is -0.496 e. The first-order valence-electron chi connectivity index (χ1n) is 11.2. The van der Waals surface area contributed by atoms with Crippen molar-refractivity contribution in [3.05, 3.63) is 83.8 Å². The first-order valence-corrected chi connectivity index (χ1v) is 11.2. The lowest BCUT2D eigenvalue weighted by molar-refractivity contribution is 0.331. The molecule has 1 unspecified atom stereocenters. The van der Waals surface area contributed by atoms with Gasteiger partial charge in [0, 0.05) is 35.3 Å². The first kappa shape index (κ1) is 24.5. The molecule has 0 fully saturated rings. The maximum absolute atomic E-state index is 15.6. The van der Waals surface area contributed by atoms with Crippen LogP contribution < -0.4 is 25.3 Å². The molecule has 0 saturated carbocycles. The van der Waals surface area contributed by atoms with E-state index in [0.29, 0.717) is 46.4 Å². The number of hydrogen-bond acceptors (Lipinski definition) is 7. The average molecular weight is 491 g/mol. The molecule has 0 radical (unpaired) electrons. The zero-order valence-corrected chi connectivity index (χ0v) is 20.1. The van der Waals surface area contributed by atoms with Crippen LogP contribution in [0.3, 0.4) is 0 Å². The fourth-order valence-electron chi connectivity index (χ4n) is 3.79. The SMILES string of the molecule is CCOc1cc(OC)c(F)c(C(Nc2ccc(C(=N)N)cc2)c2ncc(-c3cnccc3OC)[nH]2)c1. The molecule has 186 valence electrons. The molecule has 0 bridgehead atoms. The van der Waals surface area contributed by atoms with E-state index in [1.807, 2.05) is 6.92 Å². The number of anilines is 1. The molecular weight excluding hydrogens is 463 g/mol. The Hall–Kier alpha value is -4.60. The van der Waals surface area contributed by atoms with Crippen LogP contribution in [0.25, 0.3) is 11.3 Å². The Kier molecular flexibility index (Phi) is 7.33. The second-order valence-corrected chi connectivity index (χ2v) is 7.79. The number of benzene rings is 2. The van der Waals surface area contributed by atoms with Crippen molar-refractivity contribution in [2.45, 2.75) is 13.0 Å². The fourth-order valence-corrected chi connectivity index (χ4v) is 3.79. The number of pyridine rings is 1. The number of hydrogen-bond donors (Lipinski definition) is 4. The summed E-state index contributed by atoms with van der Waals surface area (Å²) < 4.78 is 32.0. The molecule has 2 aromatic carbocycles. The zero-order chi connectivity index (χ0) is 25.7. The third kappa shape index (κ3) is 5.07. The largest absolute Gasteiger partial charge is 0.496 e. The van der Waals surface area contributed by atoms with E-state index in [1.54, 1.807) is 62.1 Å². The molecule has 4 aromatic rings. The molecule has 1 atom stereocenters. The number of ether oxygens (including phenoxy) is 3. The number of H-pyrrole nitrogens is 1. The van der Waals surface area contributed by atoms with Crippen LogP contribution in [-0.4, -0.2) is 41.6 Å². The van der Waals surface area contributed by atoms with E-state index >= 15 is 4.39 Å². The van der Waals surface area contributed by atoms with Gasteiger partial charge in [-0.2, -0.15) is 0 Å². The number of amidine groups is 1. The highest BCUT2D eigenvalue weighted by atomic mass is 19.1. The number of imidazole rings is 1. The summed E-state index contributed by atoms with van der Waals surface area (Å²) in [4.78, 5) is 12.0. The van der Waals surface area contributed by atoms with Crippen molar-refractivity contribution in [1.29, 1.82) is 5.41 Å². The number of nitrogens with one attached hydrogen (secondary N) is 3. The van der Waals surface area contributed by atoms with E-state index in [0.717, 1.165) is 0 Å². The van der Waals surface area contributed by atoms with Gasteiger partial charge in [-0.25, -0.2) is 9.37 Å². The lowest BCUT2D eigenvalue weighted by Crippen LogP contribution is -2.17. The fraction of sp³-hybridized carbons (Fsp3) is 0.192. The van der Waals surface area contributed by atoms with Gasteiger partial charge in [0.1, 0.15) is 29.2 Å². The number of nitrogens with two attached hydrogens (primary N) is 1. The number of nitrogens with zero attached hydrogens (tertiary/aromatic N) is 2. The Bertz CT molecular complexity index is 1360. The second kappa shape index (κ2) is 10.8. The molecule has 10 heteroatoms. The van der Waals surface area contributed by atoms with Gasteiger partial charge < -0.3 is 30.2 Å². The normalized spacial score (nSPS) is 11.6. The van der Waals surface area contributed by atoms with Gasteiger partial charge in [0.15, 0.2) is 11.6 Å². The Morgan fingerprint density at radius 1 is 1.11 bits per heavy atom. The number of nitrogen functional groups attached to an aromatic ring is 1. The van der Waals surface area contributed by atoms with Crippen LogP contribution >= 0.6 is 0 Å². The zero-order valence-electron chi connectivity index (χ0n) is 20.1. The maximum atomic E-state index is 15.6. The van der Waals surface area contributed by atoms with Crippen molar-refractivity contribution in [3.8, 4) is 28.5 Å². The summed E-state index contributed by atoms with van der Waals surface area (Å²) >= 11 is 0. The Labute approximate surface area is 208 Å². The Balaban J connectivity index is 1.82. The van der Waals surface area contributed by atoms with Crippen LogP contribution in [0.1, 0.15) is 29.9 Å². The predicted octanol–water partition coefficient (Wildman–Crippen LogP) is 4.51. The Morgan fingerprint density at radius 3 is 2.53 bits per heavy atom. The highest BCUT2D eigenvalue weighted by Crippen LogP contribution is 2.36. The van der Waals surface area contributed by atoms with Crippen molar-refractivity contribution in [3.63, 3.8) is 0 Å². The second-order valence-electron chi connectivity index (χ2n) is 7.79. The molecule has 2 heterocycles. The van der Waals surface area contributed by atoms with Gasteiger partial charge in [0.25, 0.3) is 0 Å². The number of halogens is 1. The van der Waals surface area contributed by atoms with Gasteiger partial charge >= 0.3 is 0 Å². The number of aromatic nitrogens is 3. The molecule has 5 N–H and O–H groups in total. The Morgan fingerprint density at radius 2 is 1.86 bits per heavy atom. The predicted molar refractivity (Wildman–Crippen MR) is 135 cm³/mol. The molecule has 0 amide bonds. The number of rotatable bonds is 10. The van der Waals surface area contributed by atoms with Gasteiger partial charge in [-0.15, -0.1) is 0 Å². The maximum Gasteiger partial charge on any atom is 0.171 e. The van der Waals surface area contributed by atoms with E-state index in [4.69, 9.17) is 25.4 Å². The summed E-state index contributed by atoms with van der Waals surface area (Å²) in [6, 6.07) is 11.1. The van der Waals surface area contributed by atoms with Gasteiger partial charge in [-0.3, -0.25) is 10.4 Å². The smallest absolute Gasteiger partial charge is 0.171 e. The topological polar surface area (TPSA) is 131 Å².